The Bertz CT molecular complexity index is 895. The van der Waals surface area contributed by atoms with E-state index in [-0.39, 0.29) is 17.1 Å². The van der Waals surface area contributed by atoms with Crippen molar-refractivity contribution in [1.29, 1.82) is 0 Å². The van der Waals surface area contributed by atoms with Gasteiger partial charge in [0.2, 0.25) is 0 Å². The highest BCUT2D eigenvalue weighted by molar-refractivity contribution is 7.99. The van der Waals surface area contributed by atoms with Crippen molar-refractivity contribution in [2.45, 2.75) is 12.1 Å². The topological polar surface area (TPSA) is 47.8 Å². The maximum atomic E-state index is 13.2. The van der Waals surface area contributed by atoms with Crippen LogP contribution in [-0.2, 0) is 0 Å². The normalized spacial score (nSPS) is 10.8. The van der Waals surface area contributed by atoms with Crippen LogP contribution < -0.4 is 0 Å². The number of aryl methyl sites for hydroxylation is 1. The molecule has 3 aromatic rings. The van der Waals surface area contributed by atoms with Gasteiger partial charge in [-0.2, -0.15) is 0 Å². The van der Waals surface area contributed by atoms with Crippen molar-refractivity contribution in [1.82, 2.24) is 14.8 Å². The number of carbonyl (C=O) groups is 1. The van der Waals surface area contributed by atoms with Crippen LogP contribution in [0, 0.1) is 18.6 Å². The summed E-state index contributed by atoms with van der Waals surface area (Å²) < 4.78 is 27.9. The second-order valence-electron chi connectivity index (χ2n) is 5.11. The van der Waals surface area contributed by atoms with E-state index in [0.717, 1.165) is 23.4 Å². The fraction of sp³-hybridized carbons (Fsp3) is 0.118. The van der Waals surface area contributed by atoms with Gasteiger partial charge in [-0.3, -0.25) is 9.36 Å². The van der Waals surface area contributed by atoms with Crippen molar-refractivity contribution in [3.63, 3.8) is 0 Å². The molecule has 1 heterocycles. The molecule has 0 atom stereocenters. The number of halogens is 2. The van der Waals surface area contributed by atoms with Gasteiger partial charge in [-0.15, -0.1) is 10.2 Å². The molecule has 0 fully saturated rings. The van der Waals surface area contributed by atoms with Crippen molar-refractivity contribution in [3.8, 4) is 5.69 Å². The summed E-state index contributed by atoms with van der Waals surface area (Å²) in [6, 6.07) is 10.9. The highest BCUT2D eigenvalue weighted by atomic mass is 32.2. The van der Waals surface area contributed by atoms with Crippen LogP contribution in [0.4, 0.5) is 8.78 Å². The minimum Gasteiger partial charge on any atom is -0.293 e. The van der Waals surface area contributed by atoms with E-state index in [4.69, 9.17) is 0 Å². The quantitative estimate of drug-likeness (QED) is 0.521. The van der Waals surface area contributed by atoms with Gasteiger partial charge in [-0.05, 0) is 36.8 Å². The molecule has 0 aliphatic rings. The van der Waals surface area contributed by atoms with Crippen molar-refractivity contribution in [3.05, 3.63) is 71.6 Å². The van der Waals surface area contributed by atoms with Crippen molar-refractivity contribution < 1.29 is 13.6 Å². The summed E-state index contributed by atoms with van der Waals surface area (Å²) in [5.74, 6) is -2.26. The highest BCUT2D eigenvalue weighted by Gasteiger charge is 2.14. The van der Waals surface area contributed by atoms with E-state index in [1.165, 1.54) is 17.8 Å². The molecule has 0 bridgehead atoms. The van der Waals surface area contributed by atoms with E-state index in [0.29, 0.717) is 5.16 Å². The molecule has 0 spiro atoms. The zero-order chi connectivity index (χ0) is 17.1. The molecule has 0 unspecified atom stereocenters. The number of nitrogens with zero attached hydrogens (tertiary/aromatic N) is 3. The molecular weight excluding hydrogens is 332 g/mol. The molecule has 0 radical (unpaired) electrons. The Morgan fingerprint density at radius 2 is 1.96 bits per heavy atom. The summed E-state index contributed by atoms with van der Waals surface area (Å²) in [5, 5.41) is 8.46. The number of thioether (sulfide) groups is 1. The SMILES string of the molecule is Cc1ccccc1-n1cnnc1SCC(=O)c1ccc(F)c(F)c1. The minimum absolute atomic E-state index is 0.0512. The number of hydrogen-bond acceptors (Lipinski definition) is 4. The van der Waals surface area contributed by atoms with Crippen LogP contribution in [0.25, 0.3) is 5.69 Å². The Hall–Kier alpha value is -2.54. The fourth-order valence-corrected chi connectivity index (χ4v) is 3.02. The predicted octanol–water partition coefficient (Wildman–Crippen LogP) is 3.83. The number of carbonyl (C=O) groups excluding carboxylic acids is 1. The number of ketones is 1. The predicted molar refractivity (Wildman–Crippen MR) is 87.5 cm³/mol. The van der Waals surface area contributed by atoms with E-state index in [1.807, 2.05) is 31.2 Å². The lowest BCUT2D eigenvalue weighted by Gasteiger charge is -2.08. The van der Waals surface area contributed by atoms with Gasteiger partial charge in [0.05, 0.1) is 11.4 Å². The summed E-state index contributed by atoms with van der Waals surface area (Å²) in [4.78, 5) is 12.2. The third kappa shape index (κ3) is 3.35. The Kier molecular flexibility index (Phi) is 4.71. The van der Waals surface area contributed by atoms with Crippen molar-refractivity contribution in [2.24, 2.45) is 0 Å². The lowest BCUT2D eigenvalue weighted by Crippen LogP contribution is -2.05. The molecule has 3 rings (SSSR count). The first-order valence-electron chi connectivity index (χ1n) is 7.13. The van der Waals surface area contributed by atoms with Crippen LogP contribution in [0.2, 0.25) is 0 Å². The van der Waals surface area contributed by atoms with E-state index in [1.54, 1.807) is 10.9 Å². The van der Waals surface area contributed by atoms with Gasteiger partial charge < -0.3 is 0 Å². The largest absolute Gasteiger partial charge is 0.293 e. The Balaban J connectivity index is 1.76. The lowest BCUT2D eigenvalue weighted by molar-refractivity contribution is 0.102. The molecule has 0 aliphatic carbocycles. The zero-order valence-electron chi connectivity index (χ0n) is 12.7. The van der Waals surface area contributed by atoms with E-state index in [9.17, 15) is 13.6 Å². The van der Waals surface area contributed by atoms with Gasteiger partial charge in [0.25, 0.3) is 0 Å². The first kappa shape index (κ1) is 16.3. The smallest absolute Gasteiger partial charge is 0.196 e. The summed E-state index contributed by atoms with van der Waals surface area (Å²) in [5.41, 5.74) is 2.10. The Morgan fingerprint density at radius 3 is 2.71 bits per heavy atom. The molecule has 4 nitrogen and oxygen atoms in total. The molecule has 122 valence electrons. The van der Waals surface area contributed by atoms with Gasteiger partial charge >= 0.3 is 0 Å². The van der Waals surface area contributed by atoms with Crippen LogP contribution in [0.5, 0.6) is 0 Å². The van der Waals surface area contributed by atoms with E-state index in [2.05, 4.69) is 10.2 Å². The molecule has 1 aromatic heterocycles. The minimum atomic E-state index is -1.03. The average Bonchev–Trinajstić information content (AvgIpc) is 3.04. The molecule has 0 amide bonds. The van der Waals surface area contributed by atoms with Crippen LogP contribution in [0.15, 0.2) is 53.9 Å². The first-order chi connectivity index (χ1) is 11.6. The van der Waals surface area contributed by atoms with E-state index >= 15 is 0 Å². The Morgan fingerprint density at radius 1 is 1.17 bits per heavy atom. The van der Waals surface area contributed by atoms with Crippen LogP contribution in [0.1, 0.15) is 15.9 Å². The van der Waals surface area contributed by atoms with Crippen LogP contribution >= 0.6 is 11.8 Å². The van der Waals surface area contributed by atoms with Crippen molar-refractivity contribution >= 4 is 17.5 Å². The summed E-state index contributed by atoms with van der Waals surface area (Å²) in [6.45, 7) is 1.97. The summed E-state index contributed by atoms with van der Waals surface area (Å²) >= 11 is 1.19. The Labute approximate surface area is 141 Å². The zero-order valence-corrected chi connectivity index (χ0v) is 13.6. The number of benzene rings is 2. The molecule has 0 saturated heterocycles. The maximum Gasteiger partial charge on any atom is 0.196 e. The molecule has 0 saturated carbocycles. The first-order valence-corrected chi connectivity index (χ1v) is 8.12. The fourth-order valence-electron chi connectivity index (χ4n) is 2.20. The summed E-state index contributed by atoms with van der Waals surface area (Å²) in [6.07, 6.45) is 1.58. The van der Waals surface area contributed by atoms with Gasteiger partial charge in [0.15, 0.2) is 22.6 Å². The van der Waals surface area contributed by atoms with Gasteiger partial charge in [-0.1, -0.05) is 30.0 Å². The van der Waals surface area contributed by atoms with Gasteiger partial charge in [0.1, 0.15) is 6.33 Å². The second kappa shape index (κ2) is 6.92. The van der Waals surface area contributed by atoms with Crippen LogP contribution in [-0.4, -0.2) is 26.3 Å². The lowest BCUT2D eigenvalue weighted by atomic mass is 10.1. The van der Waals surface area contributed by atoms with Crippen molar-refractivity contribution in [2.75, 3.05) is 5.75 Å². The van der Waals surface area contributed by atoms with Crippen LogP contribution in [0.3, 0.4) is 0 Å². The molecule has 24 heavy (non-hydrogen) atoms. The molecule has 0 N–H and O–H groups in total. The third-order valence-corrected chi connectivity index (χ3v) is 4.41. The maximum absolute atomic E-state index is 13.2. The summed E-state index contributed by atoms with van der Waals surface area (Å²) in [7, 11) is 0. The average molecular weight is 345 g/mol. The molecule has 2 aromatic carbocycles. The number of Topliss-reactive ketones (excluding diaryl/α,β-unsaturated/α-hetero) is 1. The highest BCUT2D eigenvalue weighted by Crippen LogP contribution is 2.22. The molecule has 0 aliphatic heterocycles. The second-order valence-corrected chi connectivity index (χ2v) is 6.05. The third-order valence-electron chi connectivity index (χ3n) is 3.47. The van der Waals surface area contributed by atoms with Gasteiger partial charge in [-0.25, -0.2) is 8.78 Å². The number of rotatable bonds is 5. The molecule has 7 heteroatoms. The molecular formula is C17H13F2N3OS. The standard InChI is InChI=1S/C17H13F2N3OS/c1-11-4-2-3-5-15(11)22-10-20-21-17(22)24-9-16(23)12-6-7-13(18)14(19)8-12/h2-8,10H,9H2,1H3. The van der Waals surface area contributed by atoms with Gasteiger partial charge in [0, 0.05) is 5.56 Å². The number of para-hydroxylation sites is 1. The van der Waals surface area contributed by atoms with E-state index < -0.39 is 11.6 Å². The number of hydrogen-bond donors (Lipinski definition) is 0. The monoisotopic (exact) mass is 345 g/mol. The number of aromatic nitrogens is 3.